The molecule has 0 saturated heterocycles. The molecule has 0 aliphatic rings. The average molecular weight is 283 g/mol. The van der Waals surface area contributed by atoms with Crippen molar-refractivity contribution in [1.29, 1.82) is 0 Å². The molecule has 0 aliphatic carbocycles. The summed E-state index contributed by atoms with van der Waals surface area (Å²) in [6, 6.07) is 15.9. The van der Waals surface area contributed by atoms with Crippen molar-refractivity contribution in [3.63, 3.8) is 0 Å². The SMILES string of the molecule is Cc1cc(C(N)c2ccc3ncccc3c2)ccc1Cl. The van der Waals surface area contributed by atoms with Gasteiger partial charge in [0.25, 0.3) is 0 Å². The Morgan fingerprint density at radius 3 is 2.60 bits per heavy atom. The number of halogens is 1. The van der Waals surface area contributed by atoms with Crippen LogP contribution >= 0.6 is 11.6 Å². The molecule has 2 N–H and O–H groups in total. The van der Waals surface area contributed by atoms with Crippen molar-refractivity contribution in [2.75, 3.05) is 0 Å². The van der Waals surface area contributed by atoms with Crippen molar-refractivity contribution in [3.8, 4) is 0 Å². The molecule has 100 valence electrons. The number of nitrogens with two attached hydrogens (primary N) is 1. The van der Waals surface area contributed by atoms with E-state index >= 15 is 0 Å². The quantitative estimate of drug-likeness (QED) is 0.763. The number of rotatable bonds is 2. The second-order valence-corrected chi connectivity index (χ2v) is 5.35. The van der Waals surface area contributed by atoms with Crippen LogP contribution < -0.4 is 5.73 Å². The average Bonchev–Trinajstić information content (AvgIpc) is 2.49. The number of aromatic nitrogens is 1. The fourth-order valence-electron chi connectivity index (χ4n) is 2.34. The summed E-state index contributed by atoms with van der Waals surface area (Å²) in [6.07, 6.45) is 1.80. The molecule has 3 aromatic rings. The molecular formula is C17H15ClN2. The Balaban J connectivity index is 2.02. The fraction of sp³-hybridized carbons (Fsp3) is 0.118. The van der Waals surface area contributed by atoms with E-state index in [-0.39, 0.29) is 6.04 Å². The first kappa shape index (κ1) is 13.1. The minimum absolute atomic E-state index is 0.157. The van der Waals surface area contributed by atoms with E-state index in [1.165, 1.54) is 0 Å². The molecule has 1 aromatic heterocycles. The van der Waals surface area contributed by atoms with Crippen LogP contribution in [0.5, 0.6) is 0 Å². The van der Waals surface area contributed by atoms with Crippen LogP contribution in [0.1, 0.15) is 22.7 Å². The van der Waals surface area contributed by atoms with Crippen molar-refractivity contribution >= 4 is 22.5 Å². The van der Waals surface area contributed by atoms with Gasteiger partial charge in [0.1, 0.15) is 0 Å². The molecule has 2 nitrogen and oxygen atoms in total. The van der Waals surface area contributed by atoms with Crippen molar-refractivity contribution in [2.45, 2.75) is 13.0 Å². The van der Waals surface area contributed by atoms with E-state index in [0.29, 0.717) is 0 Å². The van der Waals surface area contributed by atoms with E-state index in [2.05, 4.69) is 11.1 Å². The van der Waals surface area contributed by atoms with Gasteiger partial charge in [-0.2, -0.15) is 0 Å². The van der Waals surface area contributed by atoms with Crippen LogP contribution in [0.2, 0.25) is 5.02 Å². The Morgan fingerprint density at radius 2 is 1.80 bits per heavy atom. The molecule has 0 radical (unpaired) electrons. The summed E-state index contributed by atoms with van der Waals surface area (Å²) in [5.41, 5.74) is 10.5. The third-order valence-electron chi connectivity index (χ3n) is 3.53. The molecule has 0 saturated carbocycles. The second kappa shape index (κ2) is 5.23. The molecule has 0 fully saturated rings. The fourth-order valence-corrected chi connectivity index (χ4v) is 2.46. The van der Waals surface area contributed by atoms with Gasteiger partial charge in [0.15, 0.2) is 0 Å². The first-order valence-corrected chi connectivity index (χ1v) is 6.89. The van der Waals surface area contributed by atoms with Gasteiger partial charge in [-0.3, -0.25) is 4.98 Å². The summed E-state index contributed by atoms with van der Waals surface area (Å²) < 4.78 is 0. The lowest BCUT2D eigenvalue weighted by Crippen LogP contribution is -2.12. The zero-order valence-corrected chi connectivity index (χ0v) is 11.9. The Bertz CT molecular complexity index is 768. The van der Waals surface area contributed by atoms with Crippen LogP contribution in [0.3, 0.4) is 0 Å². The molecule has 1 heterocycles. The topological polar surface area (TPSA) is 38.9 Å². The van der Waals surface area contributed by atoms with Crippen molar-refractivity contribution in [3.05, 3.63) is 76.4 Å². The number of pyridine rings is 1. The van der Waals surface area contributed by atoms with Crippen molar-refractivity contribution in [1.82, 2.24) is 4.98 Å². The Morgan fingerprint density at radius 1 is 1.05 bits per heavy atom. The van der Waals surface area contributed by atoms with Gasteiger partial charge in [0.2, 0.25) is 0 Å². The van der Waals surface area contributed by atoms with E-state index < -0.39 is 0 Å². The van der Waals surface area contributed by atoms with Gasteiger partial charge in [0.05, 0.1) is 11.6 Å². The van der Waals surface area contributed by atoms with Gasteiger partial charge in [-0.25, -0.2) is 0 Å². The Kier molecular flexibility index (Phi) is 3.43. The maximum Gasteiger partial charge on any atom is 0.0702 e. The summed E-state index contributed by atoms with van der Waals surface area (Å²) >= 11 is 6.06. The molecule has 3 heteroatoms. The van der Waals surface area contributed by atoms with Gasteiger partial charge in [-0.15, -0.1) is 0 Å². The molecule has 0 spiro atoms. The Labute approximate surface area is 123 Å². The highest BCUT2D eigenvalue weighted by Gasteiger charge is 2.10. The monoisotopic (exact) mass is 282 g/mol. The number of fused-ring (bicyclic) bond motifs is 1. The number of aryl methyl sites for hydroxylation is 1. The van der Waals surface area contributed by atoms with Gasteiger partial charge in [-0.1, -0.05) is 35.9 Å². The van der Waals surface area contributed by atoms with E-state index in [1.807, 2.05) is 49.4 Å². The molecule has 1 unspecified atom stereocenters. The first-order chi connectivity index (χ1) is 9.65. The van der Waals surface area contributed by atoms with E-state index in [9.17, 15) is 0 Å². The molecular weight excluding hydrogens is 268 g/mol. The summed E-state index contributed by atoms with van der Waals surface area (Å²) in [6.45, 7) is 1.99. The standard InChI is InChI=1S/C17H15ClN2/c1-11-9-13(4-6-15(11)18)17(19)14-5-7-16-12(10-14)3-2-8-20-16/h2-10,17H,19H2,1H3. The van der Waals surface area contributed by atoms with E-state index in [1.54, 1.807) is 6.20 Å². The summed E-state index contributed by atoms with van der Waals surface area (Å²) in [7, 11) is 0. The minimum atomic E-state index is -0.157. The molecule has 0 bridgehead atoms. The number of hydrogen-bond donors (Lipinski definition) is 1. The summed E-state index contributed by atoms with van der Waals surface area (Å²) in [4.78, 5) is 4.32. The van der Waals surface area contributed by atoms with Gasteiger partial charge in [0, 0.05) is 16.6 Å². The number of benzene rings is 2. The highest BCUT2D eigenvalue weighted by molar-refractivity contribution is 6.31. The van der Waals surface area contributed by atoms with Gasteiger partial charge in [-0.05, 0) is 47.9 Å². The van der Waals surface area contributed by atoms with Crippen LogP contribution in [0, 0.1) is 6.92 Å². The highest BCUT2D eigenvalue weighted by atomic mass is 35.5. The number of nitrogens with zero attached hydrogens (tertiary/aromatic N) is 1. The zero-order valence-electron chi connectivity index (χ0n) is 11.2. The molecule has 0 amide bonds. The van der Waals surface area contributed by atoms with Crippen LogP contribution in [0.25, 0.3) is 10.9 Å². The van der Waals surface area contributed by atoms with Crippen LogP contribution in [0.15, 0.2) is 54.7 Å². The predicted molar refractivity (Wildman–Crippen MR) is 84.0 cm³/mol. The number of hydrogen-bond acceptors (Lipinski definition) is 2. The lowest BCUT2D eigenvalue weighted by atomic mass is 9.97. The maximum absolute atomic E-state index is 6.36. The summed E-state index contributed by atoms with van der Waals surface area (Å²) in [5.74, 6) is 0. The molecule has 20 heavy (non-hydrogen) atoms. The van der Waals surface area contributed by atoms with Crippen LogP contribution in [-0.4, -0.2) is 4.98 Å². The third kappa shape index (κ3) is 2.40. The normalized spacial score (nSPS) is 12.6. The molecule has 1 atom stereocenters. The predicted octanol–water partition coefficient (Wildman–Crippen LogP) is 4.24. The first-order valence-electron chi connectivity index (χ1n) is 6.51. The highest BCUT2D eigenvalue weighted by Crippen LogP contribution is 2.25. The smallest absolute Gasteiger partial charge is 0.0702 e. The van der Waals surface area contributed by atoms with Gasteiger partial charge < -0.3 is 5.73 Å². The molecule has 0 aliphatic heterocycles. The lowest BCUT2D eigenvalue weighted by molar-refractivity contribution is 0.871. The van der Waals surface area contributed by atoms with Gasteiger partial charge >= 0.3 is 0 Å². The minimum Gasteiger partial charge on any atom is -0.320 e. The summed E-state index contributed by atoms with van der Waals surface area (Å²) in [5, 5.41) is 1.87. The molecule has 3 rings (SSSR count). The third-order valence-corrected chi connectivity index (χ3v) is 3.95. The second-order valence-electron chi connectivity index (χ2n) is 4.94. The maximum atomic E-state index is 6.36. The lowest BCUT2D eigenvalue weighted by Gasteiger charge is -2.14. The van der Waals surface area contributed by atoms with E-state index in [0.717, 1.165) is 32.6 Å². The van der Waals surface area contributed by atoms with E-state index in [4.69, 9.17) is 17.3 Å². The largest absolute Gasteiger partial charge is 0.320 e. The zero-order chi connectivity index (χ0) is 14.1. The van der Waals surface area contributed by atoms with Crippen molar-refractivity contribution < 1.29 is 0 Å². The molecule has 2 aromatic carbocycles. The van der Waals surface area contributed by atoms with Crippen molar-refractivity contribution in [2.24, 2.45) is 5.73 Å². The van der Waals surface area contributed by atoms with Crippen LogP contribution in [0.4, 0.5) is 0 Å². The van der Waals surface area contributed by atoms with Crippen LogP contribution in [-0.2, 0) is 0 Å². The Hall–Kier alpha value is -1.90.